The van der Waals surface area contributed by atoms with Crippen molar-refractivity contribution in [1.82, 2.24) is 9.88 Å². The Labute approximate surface area is 193 Å². The number of rotatable bonds is 7. The highest BCUT2D eigenvalue weighted by atomic mass is 16.5. The average molecular weight is 439 g/mol. The van der Waals surface area contributed by atoms with Gasteiger partial charge in [0.15, 0.2) is 0 Å². The highest BCUT2D eigenvalue weighted by molar-refractivity contribution is 5.79. The molecule has 2 unspecified atom stereocenters. The lowest BCUT2D eigenvalue weighted by atomic mass is 9.95. The molecule has 1 aliphatic rings. The van der Waals surface area contributed by atoms with E-state index in [1.54, 1.807) is 0 Å². The maximum absolute atomic E-state index is 12.1. The average Bonchev–Trinajstić information content (AvgIpc) is 3.34. The summed E-state index contributed by atoms with van der Waals surface area (Å²) < 4.78 is 6.27. The van der Waals surface area contributed by atoms with Gasteiger partial charge in [0.05, 0.1) is 11.6 Å². The van der Waals surface area contributed by atoms with Gasteiger partial charge >= 0.3 is 5.97 Å². The monoisotopic (exact) mass is 438 g/mol. The van der Waals surface area contributed by atoms with Crippen molar-refractivity contribution in [3.63, 3.8) is 0 Å². The highest BCUT2D eigenvalue weighted by Crippen LogP contribution is 2.39. The lowest BCUT2D eigenvalue weighted by molar-refractivity contribution is -0.142. The van der Waals surface area contributed by atoms with Gasteiger partial charge in [-0.3, -0.25) is 14.7 Å². The predicted molar refractivity (Wildman–Crippen MR) is 128 cm³/mol. The van der Waals surface area contributed by atoms with E-state index in [0.29, 0.717) is 19.6 Å². The Morgan fingerprint density at radius 1 is 1.03 bits per heavy atom. The van der Waals surface area contributed by atoms with E-state index >= 15 is 0 Å². The maximum Gasteiger partial charge on any atom is 0.320 e. The number of carboxylic acid groups (broad SMARTS) is 1. The van der Waals surface area contributed by atoms with Crippen LogP contribution in [0.15, 0.2) is 91.1 Å². The zero-order valence-electron chi connectivity index (χ0n) is 18.3. The number of ether oxygens (including phenoxy) is 1. The molecule has 5 heteroatoms. The molecule has 3 aromatic carbocycles. The van der Waals surface area contributed by atoms with Gasteiger partial charge in [-0.1, -0.05) is 66.7 Å². The molecule has 0 amide bonds. The Morgan fingerprint density at radius 2 is 1.79 bits per heavy atom. The molecule has 166 valence electrons. The van der Waals surface area contributed by atoms with Crippen LogP contribution in [0.3, 0.4) is 0 Å². The smallest absolute Gasteiger partial charge is 0.320 e. The van der Waals surface area contributed by atoms with E-state index < -0.39 is 12.0 Å². The number of fused-ring (bicyclic) bond motifs is 1. The van der Waals surface area contributed by atoms with Crippen molar-refractivity contribution in [3.8, 4) is 5.75 Å². The van der Waals surface area contributed by atoms with E-state index in [1.165, 1.54) is 0 Å². The van der Waals surface area contributed by atoms with Crippen molar-refractivity contribution in [1.29, 1.82) is 0 Å². The van der Waals surface area contributed by atoms with E-state index in [4.69, 9.17) is 4.74 Å². The van der Waals surface area contributed by atoms with Gasteiger partial charge in [0.25, 0.3) is 0 Å². The van der Waals surface area contributed by atoms with Crippen LogP contribution in [0.5, 0.6) is 5.75 Å². The molecule has 1 aromatic heterocycles. The van der Waals surface area contributed by atoms with E-state index in [0.717, 1.165) is 39.8 Å². The molecule has 0 aliphatic carbocycles. The zero-order chi connectivity index (χ0) is 22.6. The maximum atomic E-state index is 12.1. The molecule has 0 bridgehead atoms. The van der Waals surface area contributed by atoms with E-state index in [2.05, 4.69) is 16.0 Å². The summed E-state index contributed by atoms with van der Waals surface area (Å²) in [5.74, 6) is -0.0236. The van der Waals surface area contributed by atoms with Crippen LogP contribution in [-0.2, 0) is 11.4 Å². The zero-order valence-corrected chi connectivity index (χ0v) is 18.3. The largest absolute Gasteiger partial charge is 0.489 e. The fourth-order valence-corrected chi connectivity index (χ4v) is 4.72. The molecule has 5 nitrogen and oxygen atoms in total. The van der Waals surface area contributed by atoms with Gasteiger partial charge in [-0.25, -0.2) is 0 Å². The number of para-hydroxylation sites is 2. The van der Waals surface area contributed by atoms with Crippen LogP contribution < -0.4 is 4.74 Å². The lowest BCUT2D eigenvalue weighted by Gasteiger charge is -2.33. The van der Waals surface area contributed by atoms with Crippen LogP contribution in [0, 0.1) is 0 Å². The predicted octanol–water partition coefficient (Wildman–Crippen LogP) is 5.45. The molecule has 0 radical (unpaired) electrons. The molecule has 1 saturated heterocycles. The van der Waals surface area contributed by atoms with E-state index in [9.17, 15) is 9.90 Å². The van der Waals surface area contributed by atoms with Gasteiger partial charge in [0, 0.05) is 23.7 Å². The van der Waals surface area contributed by atoms with Crippen molar-refractivity contribution >= 4 is 16.9 Å². The first-order valence-electron chi connectivity index (χ1n) is 11.3. The normalized spacial score (nSPS) is 17.2. The van der Waals surface area contributed by atoms with Crippen LogP contribution in [-0.4, -0.2) is 33.5 Å². The number of hydrogen-bond donors (Lipinski definition) is 1. The van der Waals surface area contributed by atoms with Gasteiger partial charge in [-0.15, -0.1) is 0 Å². The summed E-state index contributed by atoms with van der Waals surface area (Å²) in [5.41, 5.74) is 3.93. The van der Waals surface area contributed by atoms with Crippen LogP contribution >= 0.6 is 0 Å². The second-order valence-corrected chi connectivity index (χ2v) is 8.41. The van der Waals surface area contributed by atoms with E-state index in [1.807, 2.05) is 85.1 Å². The number of carboxylic acids is 1. The minimum atomic E-state index is -0.783. The third-order valence-electron chi connectivity index (χ3n) is 6.29. The number of aromatic nitrogens is 1. The molecule has 1 fully saturated rings. The van der Waals surface area contributed by atoms with Gasteiger partial charge in [-0.2, -0.15) is 0 Å². The van der Waals surface area contributed by atoms with Crippen LogP contribution in [0.4, 0.5) is 0 Å². The number of pyridine rings is 1. The molecule has 0 spiro atoms. The second kappa shape index (κ2) is 9.43. The summed E-state index contributed by atoms with van der Waals surface area (Å²) in [5, 5.41) is 11.0. The Hall–Kier alpha value is -3.70. The first kappa shape index (κ1) is 21.2. The summed E-state index contributed by atoms with van der Waals surface area (Å²) in [6, 6.07) is 27.3. The molecule has 1 aliphatic heterocycles. The number of nitrogens with zero attached hydrogens (tertiary/aromatic N) is 2. The summed E-state index contributed by atoms with van der Waals surface area (Å²) >= 11 is 0. The number of aliphatic carboxylic acids is 1. The van der Waals surface area contributed by atoms with Gasteiger partial charge in [-0.05, 0) is 42.2 Å². The Morgan fingerprint density at radius 3 is 2.64 bits per heavy atom. The first-order valence-corrected chi connectivity index (χ1v) is 11.3. The highest BCUT2D eigenvalue weighted by Gasteiger charge is 2.38. The molecule has 5 rings (SSSR count). The van der Waals surface area contributed by atoms with Crippen molar-refractivity contribution in [3.05, 3.63) is 108 Å². The summed E-state index contributed by atoms with van der Waals surface area (Å²) in [6.07, 6.45) is 3.36. The molecular weight excluding hydrogens is 412 g/mol. The number of carbonyl (C=O) groups is 1. The quantitative estimate of drug-likeness (QED) is 0.416. The minimum absolute atomic E-state index is 0.266. The SMILES string of the molecule is O=C(O)C1CCCN1C(c1cnc2ccccc2c1)c1ccccc1OCc1ccccc1. The molecule has 1 N–H and O–H groups in total. The summed E-state index contributed by atoms with van der Waals surface area (Å²) in [6.45, 7) is 1.16. The topological polar surface area (TPSA) is 62.7 Å². The number of likely N-dealkylation sites (tertiary alicyclic amines) is 1. The summed E-state index contributed by atoms with van der Waals surface area (Å²) in [7, 11) is 0. The molecular formula is C28H26N2O3. The number of hydrogen-bond acceptors (Lipinski definition) is 4. The van der Waals surface area contributed by atoms with Crippen molar-refractivity contribution in [2.75, 3.05) is 6.54 Å². The van der Waals surface area contributed by atoms with Crippen LogP contribution in [0.25, 0.3) is 10.9 Å². The van der Waals surface area contributed by atoms with Gasteiger partial charge in [0.2, 0.25) is 0 Å². The Kier molecular flexibility index (Phi) is 6.05. The second-order valence-electron chi connectivity index (χ2n) is 8.41. The van der Waals surface area contributed by atoms with E-state index in [-0.39, 0.29) is 6.04 Å². The molecule has 33 heavy (non-hydrogen) atoms. The Balaban J connectivity index is 1.58. The minimum Gasteiger partial charge on any atom is -0.489 e. The lowest BCUT2D eigenvalue weighted by Crippen LogP contribution is -2.39. The molecule has 2 atom stereocenters. The fourth-order valence-electron chi connectivity index (χ4n) is 4.72. The van der Waals surface area contributed by atoms with Crippen molar-refractivity contribution in [2.45, 2.75) is 31.5 Å². The third-order valence-corrected chi connectivity index (χ3v) is 6.29. The Bertz CT molecular complexity index is 1260. The third kappa shape index (κ3) is 4.45. The summed E-state index contributed by atoms with van der Waals surface area (Å²) in [4.78, 5) is 18.9. The van der Waals surface area contributed by atoms with Crippen molar-refractivity contribution < 1.29 is 14.6 Å². The number of benzene rings is 3. The van der Waals surface area contributed by atoms with Crippen LogP contribution in [0.1, 0.15) is 35.6 Å². The molecule has 4 aromatic rings. The fraction of sp³-hybridized carbons (Fsp3) is 0.214. The van der Waals surface area contributed by atoms with Crippen molar-refractivity contribution in [2.24, 2.45) is 0 Å². The van der Waals surface area contributed by atoms with Gasteiger partial charge in [0.1, 0.15) is 18.4 Å². The standard InChI is InChI=1S/C28H26N2O3/c31-28(32)25-14-8-16-30(25)27(22-17-21-11-4-6-13-24(21)29-18-22)23-12-5-7-15-26(23)33-19-20-9-2-1-3-10-20/h1-7,9-13,15,17-18,25,27H,8,14,16,19H2,(H,31,32). The molecule has 0 saturated carbocycles. The van der Waals surface area contributed by atoms with Gasteiger partial charge < -0.3 is 9.84 Å². The van der Waals surface area contributed by atoms with Crippen LogP contribution in [0.2, 0.25) is 0 Å². The molecule has 2 heterocycles. The first-order chi connectivity index (χ1) is 16.2.